The van der Waals surface area contributed by atoms with Crippen LogP contribution < -0.4 is 5.32 Å². The SMILES string of the molecule is CCC1CN(C(=NC)NCc2ccc(S(C)(=O)=O)cc2)CCC1c1ccccc1. The number of sulfone groups is 1. The fourth-order valence-electron chi connectivity index (χ4n) is 4.15. The van der Waals surface area contributed by atoms with Crippen molar-refractivity contribution in [3.63, 3.8) is 0 Å². The average Bonchev–Trinajstić information content (AvgIpc) is 2.74. The zero-order valence-electron chi connectivity index (χ0n) is 17.5. The van der Waals surface area contributed by atoms with Gasteiger partial charge in [0.05, 0.1) is 4.90 Å². The van der Waals surface area contributed by atoms with Crippen molar-refractivity contribution in [3.05, 3.63) is 65.7 Å². The van der Waals surface area contributed by atoms with Gasteiger partial charge in [-0.15, -0.1) is 0 Å². The molecule has 1 aliphatic rings. The summed E-state index contributed by atoms with van der Waals surface area (Å²) in [5, 5.41) is 3.44. The number of piperidine rings is 1. The van der Waals surface area contributed by atoms with Crippen molar-refractivity contribution >= 4 is 15.8 Å². The van der Waals surface area contributed by atoms with Gasteiger partial charge < -0.3 is 10.2 Å². The Labute approximate surface area is 174 Å². The topological polar surface area (TPSA) is 61.8 Å². The number of benzene rings is 2. The van der Waals surface area contributed by atoms with Crippen LogP contribution in [0.2, 0.25) is 0 Å². The highest BCUT2D eigenvalue weighted by molar-refractivity contribution is 7.90. The van der Waals surface area contributed by atoms with Gasteiger partial charge in [0.25, 0.3) is 0 Å². The van der Waals surface area contributed by atoms with E-state index in [9.17, 15) is 8.42 Å². The number of hydrogen-bond donors (Lipinski definition) is 1. The molecule has 1 N–H and O–H groups in total. The summed E-state index contributed by atoms with van der Waals surface area (Å²) in [5.41, 5.74) is 2.47. The summed E-state index contributed by atoms with van der Waals surface area (Å²) in [6.45, 7) is 4.85. The summed E-state index contributed by atoms with van der Waals surface area (Å²) >= 11 is 0. The molecule has 1 aliphatic heterocycles. The molecule has 1 fully saturated rings. The quantitative estimate of drug-likeness (QED) is 0.600. The van der Waals surface area contributed by atoms with Crippen LogP contribution >= 0.6 is 0 Å². The summed E-state index contributed by atoms with van der Waals surface area (Å²) in [7, 11) is -1.34. The van der Waals surface area contributed by atoms with Crippen LogP contribution in [0.5, 0.6) is 0 Å². The normalized spacial score (nSPS) is 20.5. The van der Waals surface area contributed by atoms with E-state index < -0.39 is 9.84 Å². The third-order valence-corrected chi connectivity index (χ3v) is 6.93. The lowest BCUT2D eigenvalue weighted by molar-refractivity contribution is 0.215. The monoisotopic (exact) mass is 413 g/mol. The van der Waals surface area contributed by atoms with Crippen LogP contribution in [0.25, 0.3) is 0 Å². The van der Waals surface area contributed by atoms with Gasteiger partial charge in [0.2, 0.25) is 0 Å². The van der Waals surface area contributed by atoms with E-state index in [0.717, 1.165) is 37.5 Å². The van der Waals surface area contributed by atoms with Crippen LogP contribution in [0.1, 0.15) is 36.8 Å². The lowest BCUT2D eigenvalue weighted by atomic mass is 9.79. The highest BCUT2D eigenvalue weighted by Crippen LogP contribution is 2.34. The van der Waals surface area contributed by atoms with E-state index in [-0.39, 0.29) is 0 Å². The van der Waals surface area contributed by atoms with Gasteiger partial charge in [-0.2, -0.15) is 0 Å². The number of rotatable bonds is 5. The molecule has 0 bridgehead atoms. The second-order valence-corrected chi connectivity index (χ2v) is 9.75. The van der Waals surface area contributed by atoms with Gasteiger partial charge in [0.1, 0.15) is 0 Å². The van der Waals surface area contributed by atoms with E-state index in [1.54, 1.807) is 12.1 Å². The molecule has 29 heavy (non-hydrogen) atoms. The number of aliphatic imine (C=N–C) groups is 1. The van der Waals surface area contributed by atoms with Gasteiger partial charge >= 0.3 is 0 Å². The first-order valence-corrected chi connectivity index (χ1v) is 12.1. The van der Waals surface area contributed by atoms with E-state index in [0.29, 0.717) is 23.3 Å². The first-order valence-electron chi connectivity index (χ1n) is 10.2. The molecule has 0 amide bonds. The van der Waals surface area contributed by atoms with Gasteiger partial charge in [-0.3, -0.25) is 4.99 Å². The van der Waals surface area contributed by atoms with Crippen LogP contribution in [-0.2, 0) is 16.4 Å². The van der Waals surface area contributed by atoms with Crippen LogP contribution in [0.4, 0.5) is 0 Å². The number of nitrogens with zero attached hydrogens (tertiary/aromatic N) is 2. The van der Waals surface area contributed by atoms with Crippen LogP contribution in [0.15, 0.2) is 64.5 Å². The second kappa shape index (κ2) is 9.44. The van der Waals surface area contributed by atoms with E-state index in [1.165, 1.54) is 11.8 Å². The zero-order chi connectivity index (χ0) is 20.9. The van der Waals surface area contributed by atoms with E-state index in [4.69, 9.17) is 0 Å². The first kappa shape index (κ1) is 21.4. The predicted octanol–water partition coefficient (Wildman–Crippen LogP) is 3.68. The number of guanidine groups is 1. The molecular weight excluding hydrogens is 382 g/mol. The van der Waals surface area contributed by atoms with Gasteiger partial charge in [-0.1, -0.05) is 55.8 Å². The predicted molar refractivity (Wildman–Crippen MR) is 119 cm³/mol. The number of hydrogen-bond acceptors (Lipinski definition) is 3. The van der Waals surface area contributed by atoms with Crippen molar-refractivity contribution in [3.8, 4) is 0 Å². The van der Waals surface area contributed by atoms with Crippen LogP contribution in [0.3, 0.4) is 0 Å². The molecule has 3 rings (SSSR count). The summed E-state index contributed by atoms with van der Waals surface area (Å²) in [4.78, 5) is 7.18. The molecule has 0 aliphatic carbocycles. The maximum atomic E-state index is 11.6. The molecule has 1 heterocycles. The number of likely N-dealkylation sites (tertiary alicyclic amines) is 1. The lowest BCUT2D eigenvalue weighted by Gasteiger charge is -2.40. The van der Waals surface area contributed by atoms with Crippen molar-refractivity contribution in [1.29, 1.82) is 0 Å². The maximum absolute atomic E-state index is 11.6. The zero-order valence-corrected chi connectivity index (χ0v) is 18.3. The minimum atomic E-state index is -3.16. The van der Waals surface area contributed by atoms with Gasteiger partial charge in [-0.05, 0) is 41.5 Å². The Kier molecular flexibility index (Phi) is 6.96. The smallest absolute Gasteiger partial charge is 0.193 e. The van der Waals surface area contributed by atoms with Gasteiger partial charge in [0.15, 0.2) is 15.8 Å². The summed E-state index contributed by atoms with van der Waals surface area (Å²) < 4.78 is 23.2. The Balaban J connectivity index is 1.62. The largest absolute Gasteiger partial charge is 0.352 e. The molecule has 2 atom stereocenters. The molecule has 5 nitrogen and oxygen atoms in total. The third-order valence-electron chi connectivity index (χ3n) is 5.80. The van der Waals surface area contributed by atoms with Gasteiger partial charge in [-0.25, -0.2) is 8.42 Å². The molecule has 0 radical (unpaired) electrons. The van der Waals surface area contributed by atoms with E-state index in [1.807, 2.05) is 19.2 Å². The standard InChI is InChI=1S/C23H31N3O2S/c1-4-19-17-26(15-14-22(19)20-8-6-5-7-9-20)23(24-2)25-16-18-10-12-21(13-11-18)29(3,27)28/h5-13,19,22H,4,14-17H2,1-3H3,(H,24,25). The summed E-state index contributed by atoms with van der Waals surface area (Å²) in [6, 6.07) is 17.9. The minimum Gasteiger partial charge on any atom is -0.352 e. The summed E-state index contributed by atoms with van der Waals surface area (Å²) in [6.07, 6.45) is 3.48. The highest BCUT2D eigenvalue weighted by Gasteiger charge is 2.30. The highest BCUT2D eigenvalue weighted by atomic mass is 32.2. The lowest BCUT2D eigenvalue weighted by Crippen LogP contribution is -2.48. The van der Waals surface area contributed by atoms with Crippen molar-refractivity contribution < 1.29 is 8.42 Å². The van der Waals surface area contributed by atoms with Crippen LogP contribution in [-0.4, -0.2) is 45.7 Å². The Morgan fingerprint density at radius 1 is 1.14 bits per heavy atom. The van der Waals surface area contributed by atoms with E-state index in [2.05, 4.69) is 52.5 Å². The average molecular weight is 414 g/mol. The maximum Gasteiger partial charge on any atom is 0.193 e. The Morgan fingerprint density at radius 2 is 1.83 bits per heavy atom. The molecule has 0 saturated carbocycles. The Bertz CT molecular complexity index is 924. The molecule has 6 heteroatoms. The van der Waals surface area contributed by atoms with Crippen molar-refractivity contribution in [2.45, 2.75) is 37.1 Å². The summed E-state index contributed by atoms with van der Waals surface area (Å²) in [5.74, 6) is 2.10. The van der Waals surface area contributed by atoms with Gasteiger partial charge in [0, 0.05) is 32.9 Å². The second-order valence-electron chi connectivity index (χ2n) is 7.74. The third kappa shape index (κ3) is 5.38. The first-order chi connectivity index (χ1) is 13.9. The van der Waals surface area contributed by atoms with Crippen LogP contribution in [0, 0.1) is 5.92 Å². The molecule has 0 aromatic heterocycles. The van der Waals surface area contributed by atoms with Crippen molar-refractivity contribution in [2.75, 3.05) is 26.4 Å². The fraction of sp³-hybridized carbons (Fsp3) is 0.435. The molecule has 2 aromatic rings. The van der Waals surface area contributed by atoms with E-state index >= 15 is 0 Å². The fourth-order valence-corrected chi connectivity index (χ4v) is 4.78. The molecule has 0 spiro atoms. The van der Waals surface area contributed by atoms with Crippen molar-refractivity contribution in [2.24, 2.45) is 10.9 Å². The molecule has 156 valence electrons. The molecular formula is C23H31N3O2S. The Morgan fingerprint density at radius 3 is 2.41 bits per heavy atom. The van der Waals surface area contributed by atoms with Crippen molar-refractivity contribution in [1.82, 2.24) is 10.2 Å². The molecule has 2 aromatic carbocycles. The Hall–Kier alpha value is -2.34. The minimum absolute atomic E-state index is 0.347. The number of nitrogens with one attached hydrogen (secondary N) is 1. The molecule has 2 unspecified atom stereocenters. The molecule has 1 saturated heterocycles.